The van der Waals surface area contributed by atoms with Gasteiger partial charge in [0, 0.05) is 11.4 Å². The van der Waals surface area contributed by atoms with Gasteiger partial charge >= 0.3 is 0 Å². The molecule has 0 radical (unpaired) electrons. The summed E-state index contributed by atoms with van der Waals surface area (Å²) in [6.07, 6.45) is 3.78. The molecule has 1 saturated carbocycles. The molecule has 2 aromatic rings. The number of nitrogens with two attached hydrogens (primary N) is 1. The molecule has 0 aliphatic heterocycles. The summed E-state index contributed by atoms with van der Waals surface area (Å²) in [5, 5.41) is 1.23. The second kappa shape index (κ2) is 4.11. The first-order valence-electron chi connectivity index (χ1n) is 6.36. The van der Waals surface area contributed by atoms with Crippen LogP contribution < -0.4 is 5.73 Å². The van der Waals surface area contributed by atoms with Gasteiger partial charge < -0.3 is 5.73 Å². The Kier molecular flexibility index (Phi) is 2.60. The van der Waals surface area contributed by atoms with Gasteiger partial charge in [-0.15, -0.1) is 0 Å². The number of benzene rings is 1. The molecular weight excluding hydrogens is 208 g/mol. The number of aromatic nitrogens is 1. The highest BCUT2D eigenvalue weighted by atomic mass is 14.8. The lowest BCUT2D eigenvalue weighted by atomic mass is 10.0. The molecule has 1 atom stereocenters. The lowest BCUT2D eigenvalue weighted by Gasteiger charge is -2.12. The van der Waals surface area contributed by atoms with Crippen molar-refractivity contribution < 1.29 is 0 Å². The third-order valence-electron chi connectivity index (χ3n) is 3.61. The maximum Gasteiger partial charge on any atom is 0.0708 e. The van der Waals surface area contributed by atoms with Gasteiger partial charge in [-0.1, -0.05) is 31.0 Å². The van der Waals surface area contributed by atoms with E-state index in [1.807, 2.05) is 6.07 Å². The monoisotopic (exact) mass is 226 g/mol. The fourth-order valence-electron chi connectivity index (χ4n) is 2.40. The predicted octanol–water partition coefficient (Wildman–Crippen LogP) is 3.34. The Labute approximate surface area is 102 Å². The van der Waals surface area contributed by atoms with Gasteiger partial charge in [0.15, 0.2) is 0 Å². The Bertz CT molecular complexity index is 544. The standard InChI is InChI=1S/C15H18N2/c1-10-8-15(13(16)9-11-6-7-11)17-14-5-3-2-4-12(10)14/h2-5,8,11,13H,6-7,9,16H2,1H3. The van der Waals surface area contributed by atoms with Gasteiger partial charge in [0.25, 0.3) is 0 Å². The third kappa shape index (κ3) is 2.18. The Balaban J connectivity index is 1.98. The Morgan fingerprint density at radius 1 is 1.35 bits per heavy atom. The van der Waals surface area contributed by atoms with E-state index in [0.717, 1.165) is 23.5 Å². The third-order valence-corrected chi connectivity index (χ3v) is 3.61. The first-order valence-corrected chi connectivity index (χ1v) is 6.36. The Morgan fingerprint density at radius 2 is 2.12 bits per heavy atom. The van der Waals surface area contributed by atoms with Crippen LogP contribution >= 0.6 is 0 Å². The summed E-state index contributed by atoms with van der Waals surface area (Å²) in [4.78, 5) is 4.69. The van der Waals surface area contributed by atoms with Crippen LogP contribution in [-0.4, -0.2) is 4.98 Å². The SMILES string of the molecule is Cc1cc(C(N)CC2CC2)nc2ccccc12. The van der Waals surface area contributed by atoms with Crippen molar-refractivity contribution in [3.8, 4) is 0 Å². The molecule has 1 heterocycles. The van der Waals surface area contributed by atoms with Crippen molar-refractivity contribution in [3.05, 3.63) is 41.6 Å². The maximum atomic E-state index is 6.23. The van der Waals surface area contributed by atoms with E-state index in [9.17, 15) is 0 Å². The molecule has 1 fully saturated rings. The van der Waals surface area contributed by atoms with Crippen molar-refractivity contribution in [3.63, 3.8) is 0 Å². The van der Waals surface area contributed by atoms with Crippen LogP contribution in [0.2, 0.25) is 0 Å². The van der Waals surface area contributed by atoms with Crippen molar-refractivity contribution in [2.24, 2.45) is 11.7 Å². The number of hydrogen-bond donors (Lipinski definition) is 1. The van der Waals surface area contributed by atoms with Crippen LogP contribution in [0.25, 0.3) is 10.9 Å². The number of nitrogens with zero attached hydrogens (tertiary/aromatic N) is 1. The van der Waals surface area contributed by atoms with Gasteiger partial charge in [-0.05, 0) is 37.0 Å². The van der Waals surface area contributed by atoms with Gasteiger partial charge in [-0.3, -0.25) is 4.98 Å². The highest BCUT2D eigenvalue weighted by molar-refractivity contribution is 5.82. The summed E-state index contributed by atoms with van der Waals surface area (Å²) in [5.41, 5.74) is 9.62. The van der Waals surface area contributed by atoms with Gasteiger partial charge in [-0.25, -0.2) is 0 Å². The first-order chi connectivity index (χ1) is 8.24. The number of rotatable bonds is 3. The normalized spacial score (nSPS) is 17.3. The topological polar surface area (TPSA) is 38.9 Å². The zero-order valence-electron chi connectivity index (χ0n) is 10.2. The largest absolute Gasteiger partial charge is 0.323 e. The van der Waals surface area contributed by atoms with E-state index in [4.69, 9.17) is 10.7 Å². The average molecular weight is 226 g/mol. The molecule has 2 nitrogen and oxygen atoms in total. The molecule has 0 spiro atoms. The van der Waals surface area contributed by atoms with E-state index in [0.29, 0.717) is 0 Å². The molecule has 1 aliphatic rings. The smallest absolute Gasteiger partial charge is 0.0708 e. The van der Waals surface area contributed by atoms with Gasteiger partial charge in [0.1, 0.15) is 0 Å². The van der Waals surface area contributed by atoms with Crippen LogP contribution in [0, 0.1) is 12.8 Å². The fourth-order valence-corrected chi connectivity index (χ4v) is 2.40. The van der Waals surface area contributed by atoms with Gasteiger partial charge in [0.2, 0.25) is 0 Å². The van der Waals surface area contributed by atoms with E-state index in [1.165, 1.54) is 23.8 Å². The summed E-state index contributed by atoms with van der Waals surface area (Å²) >= 11 is 0. The van der Waals surface area contributed by atoms with Crippen LogP contribution in [0.15, 0.2) is 30.3 Å². The van der Waals surface area contributed by atoms with E-state index < -0.39 is 0 Å². The van der Waals surface area contributed by atoms with Crippen LogP contribution in [0.4, 0.5) is 0 Å². The van der Waals surface area contributed by atoms with Crippen LogP contribution in [-0.2, 0) is 0 Å². The number of para-hydroxylation sites is 1. The lowest BCUT2D eigenvalue weighted by Crippen LogP contribution is -2.13. The summed E-state index contributed by atoms with van der Waals surface area (Å²) in [6.45, 7) is 2.14. The quantitative estimate of drug-likeness (QED) is 0.871. The van der Waals surface area contributed by atoms with Gasteiger partial charge in [-0.2, -0.15) is 0 Å². The molecule has 3 rings (SSSR count). The average Bonchev–Trinajstić information content (AvgIpc) is 3.13. The Morgan fingerprint density at radius 3 is 2.88 bits per heavy atom. The molecule has 1 aliphatic carbocycles. The van der Waals surface area contributed by atoms with E-state index >= 15 is 0 Å². The highest BCUT2D eigenvalue weighted by Gasteiger charge is 2.25. The lowest BCUT2D eigenvalue weighted by molar-refractivity contribution is 0.585. The van der Waals surface area contributed by atoms with E-state index in [2.05, 4.69) is 31.2 Å². The second-order valence-corrected chi connectivity index (χ2v) is 5.17. The summed E-state index contributed by atoms with van der Waals surface area (Å²) in [7, 11) is 0. The number of hydrogen-bond acceptors (Lipinski definition) is 2. The molecule has 1 aromatic carbocycles. The fraction of sp³-hybridized carbons (Fsp3) is 0.400. The van der Waals surface area contributed by atoms with Crippen LogP contribution in [0.3, 0.4) is 0 Å². The van der Waals surface area contributed by atoms with Crippen LogP contribution in [0.5, 0.6) is 0 Å². The molecule has 1 aromatic heterocycles. The molecule has 2 heteroatoms. The van der Waals surface area contributed by atoms with Crippen molar-refractivity contribution in [1.82, 2.24) is 4.98 Å². The van der Waals surface area contributed by atoms with E-state index in [-0.39, 0.29) is 6.04 Å². The molecule has 0 saturated heterocycles. The number of pyridine rings is 1. The minimum absolute atomic E-state index is 0.103. The minimum Gasteiger partial charge on any atom is -0.323 e. The van der Waals surface area contributed by atoms with Crippen molar-refractivity contribution in [2.75, 3.05) is 0 Å². The van der Waals surface area contributed by atoms with E-state index in [1.54, 1.807) is 0 Å². The number of fused-ring (bicyclic) bond motifs is 1. The predicted molar refractivity (Wildman–Crippen MR) is 70.7 cm³/mol. The minimum atomic E-state index is 0.103. The molecule has 0 bridgehead atoms. The second-order valence-electron chi connectivity index (χ2n) is 5.17. The van der Waals surface area contributed by atoms with Crippen molar-refractivity contribution >= 4 is 10.9 Å². The number of aryl methyl sites for hydroxylation is 1. The van der Waals surface area contributed by atoms with Crippen LogP contribution in [0.1, 0.15) is 36.6 Å². The summed E-state index contributed by atoms with van der Waals surface area (Å²) in [6, 6.07) is 10.5. The van der Waals surface area contributed by atoms with Crippen molar-refractivity contribution in [2.45, 2.75) is 32.2 Å². The summed E-state index contributed by atoms with van der Waals surface area (Å²) in [5.74, 6) is 0.846. The zero-order valence-corrected chi connectivity index (χ0v) is 10.2. The molecule has 0 amide bonds. The van der Waals surface area contributed by atoms with Gasteiger partial charge in [0.05, 0.1) is 11.2 Å². The summed E-state index contributed by atoms with van der Waals surface area (Å²) < 4.78 is 0. The highest BCUT2D eigenvalue weighted by Crippen LogP contribution is 2.36. The molecule has 88 valence electrons. The maximum absolute atomic E-state index is 6.23. The molecule has 2 N–H and O–H groups in total. The molecular formula is C15H18N2. The Hall–Kier alpha value is -1.41. The molecule has 17 heavy (non-hydrogen) atoms. The first kappa shape index (κ1) is 10.7. The zero-order chi connectivity index (χ0) is 11.8. The molecule has 1 unspecified atom stereocenters. The van der Waals surface area contributed by atoms with Crippen molar-refractivity contribution in [1.29, 1.82) is 0 Å².